The van der Waals surface area contributed by atoms with Crippen LogP contribution in [0.4, 0.5) is 5.69 Å². The summed E-state index contributed by atoms with van der Waals surface area (Å²) in [5, 5.41) is 5.59. The lowest BCUT2D eigenvalue weighted by Gasteiger charge is -2.23. The molecule has 2 rings (SSSR count). The van der Waals surface area contributed by atoms with Gasteiger partial charge in [0.2, 0.25) is 11.8 Å². The van der Waals surface area contributed by atoms with E-state index in [0.29, 0.717) is 12.2 Å². The van der Waals surface area contributed by atoms with Crippen LogP contribution < -0.4 is 10.6 Å². The van der Waals surface area contributed by atoms with Gasteiger partial charge in [0.25, 0.3) is 0 Å². The van der Waals surface area contributed by atoms with E-state index in [4.69, 9.17) is 0 Å². The van der Waals surface area contributed by atoms with Gasteiger partial charge < -0.3 is 10.6 Å². The molecule has 0 fully saturated rings. The van der Waals surface area contributed by atoms with Crippen molar-refractivity contribution < 1.29 is 9.59 Å². The van der Waals surface area contributed by atoms with Crippen molar-refractivity contribution in [3.8, 4) is 0 Å². The maximum absolute atomic E-state index is 12.5. The minimum Gasteiger partial charge on any atom is -0.350 e. The van der Waals surface area contributed by atoms with Crippen molar-refractivity contribution in [3.63, 3.8) is 0 Å². The van der Waals surface area contributed by atoms with Crippen LogP contribution in [0.2, 0.25) is 0 Å². The third-order valence-corrected chi connectivity index (χ3v) is 3.77. The van der Waals surface area contributed by atoms with E-state index >= 15 is 0 Å². The molecule has 0 spiro atoms. The Morgan fingerprint density at radius 2 is 1.71 bits per heavy atom. The van der Waals surface area contributed by atoms with Gasteiger partial charge in [-0.05, 0) is 63.1 Å². The van der Waals surface area contributed by atoms with E-state index in [2.05, 4.69) is 15.6 Å². The molecule has 0 radical (unpaired) electrons. The Balaban J connectivity index is 2.02. The highest BCUT2D eigenvalue weighted by Crippen LogP contribution is 2.21. The molecule has 1 heterocycles. The lowest BCUT2D eigenvalue weighted by molar-refractivity contribution is -0.138. The van der Waals surface area contributed by atoms with Gasteiger partial charge in [-0.2, -0.15) is 0 Å². The molecule has 0 saturated heterocycles. The minimum absolute atomic E-state index is 0.292. The summed E-state index contributed by atoms with van der Waals surface area (Å²) in [6.45, 7) is 7.44. The van der Waals surface area contributed by atoms with Gasteiger partial charge >= 0.3 is 0 Å². The van der Waals surface area contributed by atoms with Gasteiger partial charge in [0, 0.05) is 11.9 Å². The van der Waals surface area contributed by atoms with E-state index in [1.54, 1.807) is 20.0 Å². The average Bonchev–Trinajstić information content (AvgIpc) is 2.52. The number of carbonyl (C=O) groups is 2. The van der Waals surface area contributed by atoms with Crippen LogP contribution in [0.1, 0.15) is 30.7 Å². The number of hydrogen-bond acceptors (Lipinski definition) is 3. The molecule has 2 aromatic rings. The second kappa shape index (κ2) is 7.25. The Morgan fingerprint density at radius 3 is 2.29 bits per heavy atom. The molecule has 0 bridgehead atoms. The molecule has 0 atom stereocenters. The topological polar surface area (TPSA) is 71.1 Å². The quantitative estimate of drug-likeness (QED) is 0.830. The highest BCUT2D eigenvalue weighted by molar-refractivity contribution is 6.09. The first kappa shape index (κ1) is 17.7. The second-order valence-corrected chi connectivity index (χ2v) is 6.46. The van der Waals surface area contributed by atoms with Gasteiger partial charge in [-0.3, -0.25) is 14.6 Å². The van der Waals surface area contributed by atoms with Crippen LogP contribution in [0.15, 0.2) is 42.6 Å². The van der Waals surface area contributed by atoms with Gasteiger partial charge in [-0.15, -0.1) is 0 Å². The Morgan fingerprint density at radius 1 is 1.04 bits per heavy atom. The maximum Gasteiger partial charge on any atom is 0.239 e. The summed E-state index contributed by atoms with van der Waals surface area (Å²) in [5.41, 5.74) is 2.37. The Kier molecular flexibility index (Phi) is 5.34. The molecule has 2 N–H and O–H groups in total. The molecule has 0 unspecified atom stereocenters. The fourth-order valence-corrected chi connectivity index (χ4v) is 2.33. The maximum atomic E-state index is 12.5. The summed E-state index contributed by atoms with van der Waals surface area (Å²) in [6, 6.07) is 11.3. The molecule has 1 aromatic heterocycles. The van der Waals surface area contributed by atoms with E-state index in [1.807, 2.05) is 50.2 Å². The van der Waals surface area contributed by atoms with E-state index < -0.39 is 5.41 Å². The molecular formula is C19H23N3O2. The lowest BCUT2D eigenvalue weighted by Crippen LogP contribution is -2.45. The zero-order valence-electron chi connectivity index (χ0n) is 14.5. The SMILES string of the molecule is Cc1cc(C)cc(NC(=O)C(C)(C)C(=O)NCc2ccccn2)c1. The number of nitrogens with zero attached hydrogens (tertiary/aromatic N) is 1. The van der Waals surface area contributed by atoms with Crippen molar-refractivity contribution in [3.05, 3.63) is 59.4 Å². The summed E-state index contributed by atoms with van der Waals surface area (Å²) >= 11 is 0. The van der Waals surface area contributed by atoms with Crippen molar-refractivity contribution in [2.75, 3.05) is 5.32 Å². The third kappa shape index (κ3) is 4.41. The van der Waals surface area contributed by atoms with Crippen molar-refractivity contribution in [1.82, 2.24) is 10.3 Å². The van der Waals surface area contributed by atoms with E-state index in [-0.39, 0.29) is 11.8 Å². The van der Waals surface area contributed by atoms with Crippen LogP contribution in [-0.4, -0.2) is 16.8 Å². The molecule has 126 valence electrons. The highest BCUT2D eigenvalue weighted by atomic mass is 16.2. The molecule has 0 aliphatic carbocycles. The van der Waals surface area contributed by atoms with Crippen LogP contribution in [0.5, 0.6) is 0 Å². The summed E-state index contributed by atoms with van der Waals surface area (Å²) in [6.07, 6.45) is 1.67. The number of nitrogens with one attached hydrogen (secondary N) is 2. The van der Waals surface area contributed by atoms with Gasteiger partial charge in [-0.25, -0.2) is 0 Å². The van der Waals surface area contributed by atoms with Gasteiger partial charge in [0.15, 0.2) is 0 Å². The summed E-state index contributed by atoms with van der Waals surface area (Å²) < 4.78 is 0. The van der Waals surface area contributed by atoms with Crippen molar-refractivity contribution in [2.45, 2.75) is 34.2 Å². The van der Waals surface area contributed by atoms with Crippen LogP contribution in [0, 0.1) is 19.3 Å². The molecule has 5 heteroatoms. The van der Waals surface area contributed by atoms with E-state index in [0.717, 1.165) is 16.8 Å². The fourth-order valence-electron chi connectivity index (χ4n) is 2.33. The first-order valence-electron chi connectivity index (χ1n) is 7.87. The smallest absolute Gasteiger partial charge is 0.239 e. The average molecular weight is 325 g/mol. The van der Waals surface area contributed by atoms with Crippen molar-refractivity contribution in [1.29, 1.82) is 0 Å². The monoisotopic (exact) mass is 325 g/mol. The van der Waals surface area contributed by atoms with Crippen LogP contribution in [-0.2, 0) is 16.1 Å². The molecular weight excluding hydrogens is 302 g/mol. The number of anilines is 1. The first-order chi connectivity index (χ1) is 11.3. The van der Waals surface area contributed by atoms with Crippen LogP contribution in [0.25, 0.3) is 0 Å². The highest BCUT2D eigenvalue weighted by Gasteiger charge is 2.36. The molecule has 0 aliphatic heterocycles. The number of aryl methyl sites for hydroxylation is 2. The predicted octanol–water partition coefficient (Wildman–Crippen LogP) is 2.98. The molecule has 2 amide bonds. The number of rotatable bonds is 5. The molecule has 1 aromatic carbocycles. The number of hydrogen-bond donors (Lipinski definition) is 2. The van der Waals surface area contributed by atoms with Gasteiger partial charge in [0.1, 0.15) is 5.41 Å². The summed E-state index contributed by atoms with van der Waals surface area (Å²) in [7, 11) is 0. The van der Waals surface area contributed by atoms with Crippen molar-refractivity contribution in [2.24, 2.45) is 5.41 Å². The zero-order chi connectivity index (χ0) is 17.7. The second-order valence-electron chi connectivity index (χ2n) is 6.46. The molecule has 0 saturated carbocycles. The Labute approximate surface area is 142 Å². The molecule has 5 nitrogen and oxygen atoms in total. The third-order valence-electron chi connectivity index (χ3n) is 3.77. The number of aromatic nitrogens is 1. The molecule has 0 aliphatic rings. The summed E-state index contributed by atoms with van der Waals surface area (Å²) in [5.74, 6) is -0.680. The zero-order valence-corrected chi connectivity index (χ0v) is 14.5. The van der Waals surface area contributed by atoms with Crippen LogP contribution >= 0.6 is 0 Å². The minimum atomic E-state index is -1.19. The number of benzene rings is 1. The van der Waals surface area contributed by atoms with E-state index in [9.17, 15) is 9.59 Å². The van der Waals surface area contributed by atoms with Gasteiger partial charge in [0.05, 0.1) is 12.2 Å². The number of carbonyl (C=O) groups excluding carboxylic acids is 2. The van der Waals surface area contributed by atoms with Crippen LogP contribution in [0.3, 0.4) is 0 Å². The normalized spacial score (nSPS) is 11.0. The number of pyridine rings is 1. The standard InChI is InChI=1S/C19H23N3O2/c1-13-9-14(2)11-16(10-13)22-18(24)19(3,4)17(23)21-12-15-7-5-6-8-20-15/h5-11H,12H2,1-4H3,(H,21,23)(H,22,24). The fraction of sp³-hybridized carbons (Fsp3) is 0.316. The Hall–Kier alpha value is -2.69. The molecule has 24 heavy (non-hydrogen) atoms. The Bertz CT molecular complexity index is 719. The summed E-state index contributed by atoms with van der Waals surface area (Å²) in [4.78, 5) is 29.1. The lowest BCUT2D eigenvalue weighted by atomic mass is 9.90. The van der Waals surface area contributed by atoms with Crippen molar-refractivity contribution >= 4 is 17.5 Å². The first-order valence-corrected chi connectivity index (χ1v) is 7.87. The van der Waals surface area contributed by atoms with Gasteiger partial charge in [-0.1, -0.05) is 12.1 Å². The largest absolute Gasteiger partial charge is 0.350 e. The van der Waals surface area contributed by atoms with E-state index in [1.165, 1.54) is 0 Å². The number of amides is 2. The predicted molar refractivity (Wildman–Crippen MR) is 94.4 cm³/mol.